The maximum absolute atomic E-state index is 4.27. The Bertz CT molecular complexity index is 422. The van der Waals surface area contributed by atoms with E-state index in [9.17, 15) is 0 Å². The van der Waals surface area contributed by atoms with Crippen LogP contribution in [0.3, 0.4) is 0 Å². The van der Waals surface area contributed by atoms with Gasteiger partial charge in [0.25, 0.3) is 0 Å². The first kappa shape index (κ1) is 10.2. The van der Waals surface area contributed by atoms with Crippen LogP contribution in [-0.4, -0.2) is 4.98 Å². The minimum atomic E-state index is 1.07. The number of hydrogen-bond donors (Lipinski definition) is 0. The van der Waals surface area contributed by atoms with Crippen LogP contribution in [0.25, 0.3) is 0 Å². The molecule has 0 radical (unpaired) electrons. The fourth-order valence-electron chi connectivity index (χ4n) is 0.994. The number of aryl methyl sites for hydroxylation is 1. The summed E-state index contributed by atoms with van der Waals surface area (Å²) in [6, 6.07) is 8.47. The van der Waals surface area contributed by atoms with E-state index < -0.39 is 0 Å². The molecule has 0 amide bonds. The summed E-state index contributed by atoms with van der Waals surface area (Å²) in [6.07, 6.45) is 1.83. The van der Waals surface area contributed by atoms with Crippen molar-refractivity contribution in [1.29, 1.82) is 0 Å². The van der Waals surface area contributed by atoms with Crippen molar-refractivity contribution >= 4 is 39.0 Å². The molecule has 1 aromatic heterocycles. The second-order valence-corrected chi connectivity index (χ2v) is 6.58. The molecule has 72 valence electrons. The minimum Gasteiger partial charge on any atom is -0.237 e. The first-order chi connectivity index (χ1) is 6.74. The predicted octanol–water partition coefficient (Wildman–Crippen LogP) is 4.37. The van der Waals surface area contributed by atoms with E-state index in [4.69, 9.17) is 0 Å². The van der Waals surface area contributed by atoms with Gasteiger partial charge in [0.05, 0.1) is 9.98 Å². The normalized spacial score (nSPS) is 10.4. The summed E-state index contributed by atoms with van der Waals surface area (Å²) in [6.45, 7) is 2.09. The standard InChI is InChI=1S/C10H8BrNS2/c1-7-2-4-8(5-3-7)13-10-12-6-9(11)14-10/h2-6H,1H3. The van der Waals surface area contributed by atoms with Crippen molar-refractivity contribution in [2.75, 3.05) is 0 Å². The molecule has 1 heterocycles. The van der Waals surface area contributed by atoms with Gasteiger partial charge < -0.3 is 0 Å². The molecular formula is C10H8BrNS2. The van der Waals surface area contributed by atoms with Gasteiger partial charge in [0.1, 0.15) is 0 Å². The minimum absolute atomic E-state index is 1.07. The Kier molecular flexibility index (Phi) is 3.26. The van der Waals surface area contributed by atoms with Crippen molar-refractivity contribution in [3.05, 3.63) is 39.8 Å². The number of benzene rings is 1. The topological polar surface area (TPSA) is 12.9 Å². The Morgan fingerprint density at radius 3 is 2.57 bits per heavy atom. The van der Waals surface area contributed by atoms with Gasteiger partial charge in [0.2, 0.25) is 0 Å². The molecule has 0 unspecified atom stereocenters. The Hall–Kier alpha value is -0.320. The third-order valence-corrected chi connectivity index (χ3v) is 4.24. The van der Waals surface area contributed by atoms with Gasteiger partial charge >= 0.3 is 0 Å². The lowest BCUT2D eigenvalue weighted by Gasteiger charge is -1.97. The lowest BCUT2D eigenvalue weighted by atomic mass is 10.2. The number of thiazole rings is 1. The number of hydrogen-bond acceptors (Lipinski definition) is 3. The largest absolute Gasteiger partial charge is 0.237 e. The molecule has 14 heavy (non-hydrogen) atoms. The molecule has 2 aromatic rings. The quantitative estimate of drug-likeness (QED) is 0.813. The zero-order chi connectivity index (χ0) is 9.97. The summed E-state index contributed by atoms with van der Waals surface area (Å²) in [7, 11) is 0. The molecular weight excluding hydrogens is 278 g/mol. The van der Waals surface area contributed by atoms with Crippen molar-refractivity contribution in [3.63, 3.8) is 0 Å². The highest BCUT2D eigenvalue weighted by atomic mass is 79.9. The molecule has 1 nitrogen and oxygen atoms in total. The lowest BCUT2D eigenvalue weighted by molar-refractivity contribution is 1.24. The Labute approximate surface area is 99.7 Å². The molecule has 4 heteroatoms. The lowest BCUT2D eigenvalue weighted by Crippen LogP contribution is -1.73. The van der Waals surface area contributed by atoms with Crippen molar-refractivity contribution in [2.45, 2.75) is 16.2 Å². The van der Waals surface area contributed by atoms with Gasteiger partial charge in [-0.05, 0) is 35.0 Å². The van der Waals surface area contributed by atoms with Gasteiger partial charge in [-0.1, -0.05) is 29.5 Å². The van der Waals surface area contributed by atoms with Crippen molar-refractivity contribution in [2.24, 2.45) is 0 Å². The van der Waals surface area contributed by atoms with Crippen LogP contribution in [0.2, 0.25) is 0 Å². The van der Waals surface area contributed by atoms with Gasteiger partial charge in [-0.25, -0.2) is 4.98 Å². The van der Waals surface area contributed by atoms with E-state index in [1.54, 1.807) is 23.1 Å². The summed E-state index contributed by atoms with van der Waals surface area (Å²) >= 11 is 6.75. The van der Waals surface area contributed by atoms with Crippen molar-refractivity contribution in [3.8, 4) is 0 Å². The van der Waals surface area contributed by atoms with Gasteiger partial charge in [-0.3, -0.25) is 0 Å². The van der Waals surface area contributed by atoms with E-state index in [-0.39, 0.29) is 0 Å². The number of rotatable bonds is 2. The van der Waals surface area contributed by atoms with Crippen LogP contribution in [0.1, 0.15) is 5.56 Å². The molecule has 0 aliphatic carbocycles. The highest BCUT2D eigenvalue weighted by Gasteiger charge is 2.01. The number of aromatic nitrogens is 1. The fourth-order valence-corrected chi connectivity index (χ4v) is 3.56. The molecule has 0 bridgehead atoms. The van der Waals surface area contributed by atoms with Crippen LogP contribution >= 0.6 is 39.0 Å². The predicted molar refractivity (Wildman–Crippen MR) is 65.1 cm³/mol. The maximum atomic E-state index is 4.27. The molecule has 0 fully saturated rings. The molecule has 0 saturated carbocycles. The summed E-state index contributed by atoms with van der Waals surface area (Å²) in [5.74, 6) is 0. The number of nitrogens with zero attached hydrogens (tertiary/aromatic N) is 1. The van der Waals surface area contributed by atoms with E-state index in [0.29, 0.717) is 0 Å². The van der Waals surface area contributed by atoms with Crippen LogP contribution in [0.4, 0.5) is 0 Å². The zero-order valence-electron chi connectivity index (χ0n) is 7.53. The molecule has 1 aromatic carbocycles. The third kappa shape index (κ3) is 2.59. The third-order valence-electron chi connectivity index (χ3n) is 1.68. The molecule has 0 aliphatic heterocycles. The van der Waals surface area contributed by atoms with Crippen LogP contribution < -0.4 is 0 Å². The van der Waals surface area contributed by atoms with Gasteiger partial charge in [-0.2, -0.15) is 0 Å². The molecule has 0 atom stereocenters. The highest BCUT2D eigenvalue weighted by Crippen LogP contribution is 2.32. The number of halogens is 1. The molecule has 0 aliphatic rings. The smallest absolute Gasteiger partial charge is 0.155 e. The first-order valence-electron chi connectivity index (χ1n) is 4.10. The monoisotopic (exact) mass is 285 g/mol. The fraction of sp³-hybridized carbons (Fsp3) is 0.100. The van der Waals surface area contributed by atoms with Crippen LogP contribution in [-0.2, 0) is 0 Å². The second-order valence-electron chi connectivity index (χ2n) is 2.85. The SMILES string of the molecule is Cc1ccc(Sc2ncc(Br)s2)cc1. The maximum Gasteiger partial charge on any atom is 0.155 e. The van der Waals surface area contributed by atoms with Gasteiger partial charge in [0, 0.05) is 4.90 Å². The Balaban J connectivity index is 2.15. The van der Waals surface area contributed by atoms with Gasteiger partial charge in [-0.15, -0.1) is 11.3 Å². The van der Waals surface area contributed by atoms with E-state index in [1.165, 1.54) is 10.5 Å². The van der Waals surface area contributed by atoms with E-state index in [0.717, 1.165) is 8.13 Å². The molecule has 0 spiro atoms. The second kappa shape index (κ2) is 4.47. The first-order valence-corrected chi connectivity index (χ1v) is 6.52. The molecule has 0 saturated heterocycles. The highest BCUT2D eigenvalue weighted by molar-refractivity contribution is 9.11. The average Bonchev–Trinajstić information content (AvgIpc) is 2.56. The van der Waals surface area contributed by atoms with Crippen LogP contribution in [0.15, 0.2) is 43.5 Å². The van der Waals surface area contributed by atoms with E-state index in [1.807, 2.05) is 6.20 Å². The summed E-state index contributed by atoms with van der Waals surface area (Å²) in [5, 5.41) is 0. The van der Waals surface area contributed by atoms with E-state index in [2.05, 4.69) is 52.1 Å². The van der Waals surface area contributed by atoms with E-state index >= 15 is 0 Å². The summed E-state index contributed by atoms with van der Waals surface area (Å²) < 4.78 is 2.15. The Morgan fingerprint density at radius 1 is 1.29 bits per heavy atom. The van der Waals surface area contributed by atoms with Crippen LogP contribution in [0, 0.1) is 6.92 Å². The average molecular weight is 286 g/mol. The summed E-state index contributed by atoms with van der Waals surface area (Å²) in [5.41, 5.74) is 1.29. The van der Waals surface area contributed by atoms with Gasteiger partial charge in [0.15, 0.2) is 4.34 Å². The zero-order valence-corrected chi connectivity index (χ0v) is 10.7. The Morgan fingerprint density at radius 2 is 2.00 bits per heavy atom. The van der Waals surface area contributed by atoms with Crippen molar-refractivity contribution in [1.82, 2.24) is 4.98 Å². The molecule has 2 rings (SSSR count). The van der Waals surface area contributed by atoms with Crippen molar-refractivity contribution < 1.29 is 0 Å². The molecule has 0 N–H and O–H groups in total. The summed E-state index contributed by atoms with van der Waals surface area (Å²) in [4.78, 5) is 5.50. The van der Waals surface area contributed by atoms with Crippen LogP contribution in [0.5, 0.6) is 0 Å².